The normalized spacial score (nSPS) is 18.2. The number of nitrogens with two attached hydrogens (primary N) is 1. The molecule has 7 nitrogen and oxygen atoms in total. The third-order valence-electron chi connectivity index (χ3n) is 5.76. The van der Waals surface area contributed by atoms with Crippen LogP contribution in [0.25, 0.3) is 0 Å². The number of aromatic nitrogens is 2. The van der Waals surface area contributed by atoms with Crippen molar-refractivity contribution in [1.82, 2.24) is 9.97 Å². The van der Waals surface area contributed by atoms with Crippen molar-refractivity contribution in [3.05, 3.63) is 78.5 Å². The molecule has 2 aromatic carbocycles. The van der Waals surface area contributed by atoms with E-state index in [0.29, 0.717) is 18.1 Å². The van der Waals surface area contributed by atoms with Gasteiger partial charge in [0.2, 0.25) is 11.9 Å². The Balaban J connectivity index is 1.44. The predicted molar refractivity (Wildman–Crippen MR) is 137 cm³/mol. The lowest BCUT2D eigenvalue weighted by molar-refractivity contribution is -0.117. The smallest absolute Gasteiger partial charge is 0.241 e. The van der Waals surface area contributed by atoms with Gasteiger partial charge in [-0.25, -0.2) is 4.98 Å². The van der Waals surface area contributed by atoms with E-state index in [0.717, 1.165) is 22.5 Å². The van der Waals surface area contributed by atoms with E-state index in [1.54, 1.807) is 0 Å². The molecule has 0 spiro atoms. The number of rotatable bonds is 7. The van der Waals surface area contributed by atoms with E-state index in [1.807, 2.05) is 68.6 Å². The second kappa shape index (κ2) is 9.87. The molecule has 0 radical (unpaired) electrons. The summed E-state index contributed by atoms with van der Waals surface area (Å²) in [5, 5.41) is 6.16. The van der Waals surface area contributed by atoms with Gasteiger partial charge in [0.1, 0.15) is 13.7 Å². The van der Waals surface area contributed by atoms with Crippen molar-refractivity contribution in [1.29, 1.82) is 0 Å². The van der Waals surface area contributed by atoms with Gasteiger partial charge in [-0.15, -0.1) is 0 Å². The summed E-state index contributed by atoms with van der Waals surface area (Å²) >= 11 is 0. The fourth-order valence-electron chi connectivity index (χ4n) is 4.02. The van der Waals surface area contributed by atoms with Crippen LogP contribution in [0.2, 0.25) is 0 Å². The first kappa shape index (κ1) is 22.5. The Kier molecular flexibility index (Phi) is 6.75. The predicted octanol–water partition coefficient (Wildman–Crippen LogP) is 2.14. The van der Waals surface area contributed by atoms with Crippen molar-refractivity contribution in [2.45, 2.75) is 38.4 Å². The molecule has 3 unspecified atom stereocenters. The largest absolute Gasteiger partial charge is 0.345 e. The van der Waals surface area contributed by atoms with E-state index < -0.39 is 6.04 Å². The van der Waals surface area contributed by atoms with Gasteiger partial charge in [-0.1, -0.05) is 48.6 Å². The molecule has 33 heavy (non-hydrogen) atoms. The summed E-state index contributed by atoms with van der Waals surface area (Å²) in [5.74, 6) is 1.19. The Hall–Kier alpha value is -3.65. The molecule has 0 saturated heterocycles. The number of hydrogen-bond acceptors (Lipinski definition) is 6. The SMILES string of the molecule is Bc1cnc(Nc2cccc(NC(=O)C(N)Cc3ccccc3)c2)nc1N1C(C)C=CC1C. The van der Waals surface area contributed by atoms with Crippen LogP contribution in [-0.4, -0.2) is 41.8 Å². The average Bonchev–Trinajstić information content (AvgIpc) is 3.14. The first-order chi connectivity index (χ1) is 15.9. The topological polar surface area (TPSA) is 96.2 Å². The quantitative estimate of drug-likeness (QED) is 0.385. The van der Waals surface area contributed by atoms with Crippen molar-refractivity contribution in [3.63, 3.8) is 0 Å². The van der Waals surface area contributed by atoms with Gasteiger partial charge in [0.15, 0.2) is 0 Å². The zero-order valence-corrected chi connectivity index (χ0v) is 19.2. The molecule has 168 valence electrons. The molecule has 0 bridgehead atoms. The van der Waals surface area contributed by atoms with Crippen molar-refractivity contribution in [2.75, 3.05) is 15.5 Å². The van der Waals surface area contributed by atoms with Crippen LogP contribution in [0.4, 0.5) is 23.1 Å². The number of amides is 1. The number of anilines is 4. The highest BCUT2D eigenvalue weighted by atomic mass is 16.2. The highest BCUT2D eigenvalue weighted by Crippen LogP contribution is 2.24. The molecular weight excluding hydrogens is 411 g/mol. The summed E-state index contributed by atoms with van der Waals surface area (Å²) in [5.41, 5.74) is 9.60. The van der Waals surface area contributed by atoms with E-state index in [-0.39, 0.29) is 18.0 Å². The van der Waals surface area contributed by atoms with Crippen molar-refractivity contribution >= 4 is 42.4 Å². The van der Waals surface area contributed by atoms with E-state index >= 15 is 0 Å². The van der Waals surface area contributed by atoms with E-state index in [4.69, 9.17) is 10.7 Å². The highest BCUT2D eigenvalue weighted by Gasteiger charge is 2.25. The lowest BCUT2D eigenvalue weighted by Gasteiger charge is -2.29. The first-order valence-electron chi connectivity index (χ1n) is 11.2. The summed E-state index contributed by atoms with van der Waals surface area (Å²) in [6, 6.07) is 17.1. The van der Waals surface area contributed by atoms with Gasteiger partial charge in [-0.3, -0.25) is 4.79 Å². The number of hydrogen-bond donors (Lipinski definition) is 3. The molecule has 1 amide bonds. The lowest BCUT2D eigenvalue weighted by Crippen LogP contribution is -2.38. The van der Waals surface area contributed by atoms with Gasteiger partial charge < -0.3 is 21.3 Å². The van der Waals surface area contributed by atoms with Gasteiger partial charge in [0, 0.05) is 29.7 Å². The molecule has 1 aromatic heterocycles. The summed E-state index contributed by atoms with van der Waals surface area (Å²) in [7, 11) is 2.02. The molecule has 3 atom stereocenters. The minimum atomic E-state index is -0.634. The minimum Gasteiger partial charge on any atom is -0.345 e. The monoisotopic (exact) mass is 440 g/mol. The highest BCUT2D eigenvalue weighted by molar-refractivity contribution is 6.35. The number of benzene rings is 2. The van der Waals surface area contributed by atoms with Crippen LogP contribution >= 0.6 is 0 Å². The molecule has 3 aromatic rings. The summed E-state index contributed by atoms with van der Waals surface area (Å²) in [4.78, 5) is 24.1. The number of carbonyl (C=O) groups is 1. The molecule has 8 heteroatoms. The molecule has 0 fully saturated rings. The number of carbonyl (C=O) groups excluding carboxylic acids is 1. The molecule has 1 aliphatic heterocycles. The second-order valence-electron chi connectivity index (χ2n) is 8.46. The molecule has 4 rings (SSSR count). The molecule has 0 aliphatic carbocycles. The van der Waals surface area contributed by atoms with E-state index in [9.17, 15) is 4.79 Å². The molecule has 2 heterocycles. The Morgan fingerprint density at radius 1 is 1.09 bits per heavy atom. The Morgan fingerprint density at radius 3 is 2.52 bits per heavy atom. The zero-order chi connectivity index (χ0) is 23.4. The third kappa shape index (κ3) is 5.41. The van der Waals surface area contributed by atoms with Crippen molar-refractivity contribution < 1.29 is 4.79 Å². The second-order valence-corrected chi connectivity index (χ2v) is 8.46. The summed E-state index contributed by atoms with van der Waals surface area (Å²) in [6.07, 6.45) is 6.69. The summed E-state index contributed by atoms with van der Waals surface area (Å²) in [6.45, 7) is 4.31. The van der Waals surface area contributed by atoms with E-state index in [2.05, 4.69) is 46.5 Å². The number of nitrogens with one attached hydrogen (secondary N) is 2. The maximum atomic E-state index is 12.6. The molecular formula is C25H29BN6O. The molecule has 0 saturated carbocycles. The first-order valence-corrected chi connectivity index (χ1v) is 11.2. The lowest BCUT2D eigenvalue weighted by atomic mass is 9.98. The maximum absolute atomic E-state index is 12.6. The van der Waals surface area contributed by atoms with Crippen LogP contribution in [0.15, 0.2) is 72.9 Å². The van der Waals surface area contributed by atoms with Gasteiger partial charge in [-0.05, 0) is 49.5 Å². The van der Waals surface area contributed by atoms with Crippen LogP contribution in [0.3, 0.4) is 0 Å². The van der Waals surface area contributed by atoms with Crippen LogP contribution in [0.5, 0.6) is 0 Å². The Bertz CT molecular complexity index is 1140. The minimum absolute atomic E-state index is 0.227. The van der Waals surface area contributed by atoms with Crippen LogP contribution in [-0.2, 0) is 11.2 Å². The Morgan fingerprint density at radius 2 is 1.79 bits per heavy atom. The van der Waals surface area contributed by atoms with Gasteiger partial charge in [0.05, 0.1) is 6.04 Å². The average molecular weight is 440 g/mol. The Labute approximate surface area is 195 Å². The van der Waals surface area contributed by atoms with Crippen LogP contribution in [0, 0.1) is 0 Å². The van der Waals surface area contributed by atoms with Crippen LogP contribution < -0.4 is 26.7 Å². The summed E-state index contributed by atoms with van der Waals surface area (Å²) < 4.78 is 0. The van der Waals surface area contributed by atoms with Gasteiger partial charge in [-0.2, -0.15) is 4.98 Å². The van der Waals surface area contributed by atoms with E-state index in [1.165, 1.54) is 0 Å². The van der Waals surface area contributed by atoms with Crippen molar-refractivity contribution in [3.8, 4) is 0 Å². The standard InChI is InChI=1S/C25H29BN6O/c1-16-11-12-17(2)32(16)23-21(26)15-28-25(31-23)30-20-10-6-9-19(14-20)29-24(33)22(27)13-18-7-4-3-5-8-18/h3-12,14-17,22H,13,26-27H2,1-2H3,(H,29,33)(H,28,30,31). The van der Waals surface area contributed by atoms with Crippen molar-refractivity contribution in [2.24, 2.45) is 5.73 Å². The fraction of sp³-hybridized carbons (Fsp3) is 0.240. The van der Waals surface area contributed by atoms with Gasteiger partial charge >= 0.3 is 0 Å². The fourth-order valence-corrected chi connectivity index (χ4v) is 4.02. The van der Waals surface area contributed by atoms with Gasteiger partial charge in [0.25, 0.3) is 0 Å². The zero-order valence-electron chi connectivity index (χ0n) is 19.2. The molecule has 4 N–H and O–H groups in total. The maximum Gasteiger partial charge on any atom is 0.241 e. The molecule has 1 aliphatic rings. The third-order valence-corrected chi connectivity index (χ3v) is 5.76. The van der Waals surface area contributed by atoms with Crippen LogP contribution in [0.1, 0.15) is 19.4 Å². The number of nitrogens with zero attached hydrogens (tertiary/aromatic N) is 3.